The van der Waals surface area contributed by atoms with Gasteiger partial charge >= 0.3 is 0 Å². The van der Waals surface area contributed by atoms with E-state index in [0.717, 1.165) is 6.42 Å². The van der Waals surface area contributed by atoms with E-state index in [1.165, 1.54) is 6.07 Å². The van der Waals surface area contributed by atoms with Gasteiger partial charge in [-0.15, -0.1) is 0 Å². The van der Waals surface area contributed by atoms with Crippen molar-refractivity contribution in [1.82, 2.24) is 4.72 Å². The van der Waals surface area contributed by atoms with Crippen LogP contribution in [0.4, 0.5) is 0 Å². The second-order valence-electron chi connectivity index (χ2n) is 4.37. The maximum Gasteiger partial charge on any atom is 0.242 e. The minimum absolute atomic E-state index is 0.0608. The molecular formula is C12H17Br2NO3S. The maximum absolute atomic E-state index is 12.3. The molecular weight excluding hydrogens is 398 g/mol. The van der Waals surface area contributed by atoms with Crippen molar-refractivity contribution >= 4 is 41.9 Å². The molecule has 19 heavy (non-hydrogen) atoms. The molecule has 0 bridgehead atoms. The molecule has 0 aliphatic carbocycles. The number of nitrogens with one attached hydrogen (secondary N) is 1. The Labute approximate surface area is 130 Å². The molecule has 2 atom stereocenters. The number of aliphatic hydroxyl groups excluding tert-OH is 1. The highest BCUT2D eigenvalue weighted by atomic mass is 79.9. The molecule has 0 saturated heterocycles. The van der Waals surface area contributed by atoms with Gasteiger partial charge in [0.25, 0.3) is 0 Å². The van der Waals surface area contributed by atoms with Gasteiger partial charge in [-0.05, 0) is 40.0 Å². The molecule has 1 aromatic rings. The molecule has 0 radical (unpaired) electrons. The summed E-state index contributed by atoms with van der Waals surface area (Å²) in [7, 11) is -3.67. The number of sulfonamides is 1. The van der Waals surface area contributed by atoms with Crippen LogP contribution in [-0.2, 0) is 10.0 Å². The van der Waals surface area contributed by atoms with Crippen LogP contribution in [0.3, 0.4) is 0 Å². The minimum atomic E-state index is -3.67. The highest BCUT2D eigenvalue weighted by molar-refractivity contribution is 9.11. The molecule has 1 rings (SSSR count). The van der Waals surface area contributed by atoms with Gasteiger partial charge < -0.3 is 5.11 Å². The van der Waals surface area contributed by atoms with Gasteiger partial charge in [-0.3, -0.25) is 0 Å². The summed E-state index contributed by atoms with van der Waals surface area (Å²) in [6.45, 7) is 3.63. The fraction of sp³-hybridized carbons (Fsp3) is 0.500. The van der Waals surface area contributed by atoms with Crippen molar-refractivity contribution in [2.45, 2.75) is 31.2 Å². The van der Waals surface area contributed by atoms with Gasteiger partial charge in [0.1, 0.15) is 0 Å². The van der Waals surface area contributed by atoms with Crippen LogP contribution in [0.2, 0.25) is 0 Å². The normalized spacial score (nSPS) is 15.2. The lowest BCUT2D eigenvalue weighted by molar-refractivity contribution is 0.219. The van der Waals surface area contributed by atoms with E-state index in [1.807, 2.05) is 13.8 Å². The molecule has 0 spiro atoms. The lowest BCUT2D eigenvalue weighted by Crippen LogP contribution is -2.41. The van der Waals surface area contributed by atoms with Crippen molar-refractivity contribution in [2.24, 2.45) is 5.92 Å². The van der Waals surface area contributed by atoms with Gasteiger partial charge in [0, 0.05) is 15.0 Å². The quantitative estimate of drug-likeness (QED) is 0.751. The highest BCUT2D eigenvalue weighted by Gasteiger charge is 2.25. The van der Waals surface area contributed by atoms with E-state index in [1.54, 1.807) is 12.1 Å². The lowest BCUT2D eigenvalue weighted by atomic mass is 10.0. The van der Waals surface area contributed by atoms with Gasteiger partial charge in [-0.2, -0.15) is 0 Å². The third-order valence-corrected chi connectivity index (χ3v) is 5.99. The average Bonchev–Trinajstić information content (AvgIpc) is 2.37. The molecule has 0 unspecified atom stereocenters. The number of benzene rings is 1. The van der Waals surface area contributed by atoms with Crippen molar-refractivity contribution in [2.75, 3.05) is 6.61 Å². The summed E-state index contributed by atoms with van der Waals surface area (Å²) in [6, 6.07) is 4.45. The first-order chi connectivity index (χ1) is 8.81. The maximum atomic E-state index is 12.3. The summed E-state index contributed by atoms with van der Waals surface area (Å²) >= 11 is 6.48. The number of halogens is 2. The molecule has 0 saturated carbocycles. The average molecular weight is 415 g/mol. The Morgan fingerprint density at radius 1 is 1.37 bits per heavy atom. The minimum Gasteiger partial charge on any atom is -0.395 e. The Balaban J connectivity index is 3.07. The van der Waals surface area contributed by atoms with Crippen molar-refractivity contribution in [1.29, 1.82) is 0 Å². The molecule has 0 amide bonds. The standard InChI is InChI=1S/C12H17Br2NO3S/c1-3-8(2)11(7-16)15-19(17,18)12-6-9(13)4-5-10(12)14/h4-6,8,11,15-16H,3,7H2,1-2H3/t8-,11+/m0/s1. The Bertz CT molecular complexity index is 534. The van der Waals surface area contributed by atoms with E-state index in [2.05, 4.69) is 36.6 Å². The Morgan fingerprint density at radius 3 is 2.53 bits per heavy atom. The molecule has 1 aromatic carbocycles. The zero-order valence-corrected chi connectivity index (χ0v) is 14.7. The van der Waals surface area contributed by atoms with E-state index in [0.29, 0.717) is 8.95 Å². The van der Waals surface area contributed by atoms with Crippen LogP contribution in [0.15, 0.2) is 32.0 Å². The van der Waals surface area contributed by atoms with Gasteiger partial charge in [0.2, 0.25) is 10.0 Å². The Morgan fingerprint density at radius 2 is 2.00 bits per heavy atom. The first kappa shape index (κ1) is 17.1. The first-order valence-electron chi connectivity index (χ1n) is 5.90. The predicted molar refractivity (Wildman–Crippen MR) is 82.5 cm³/mol. The zero-order chi connectivity index (χ0) is 14.6. The van der Waals surface area contributed by atoms with Crippen LogP contribution in [0.5, 0.6) is 0 Å². The van der Waals surface area contributed by atoms with Gasteiger partial charge in [0.15, 0.2) is 0 Å². The van der Waals surface area contributed by atoms with Crippen molar-refractivity contribution in [3.63, 3.8) is 0 Å². The van der Waals surface area contributed by atoms with Crippen molar-refractivity contribution < 1.29 is 13.5 Å². The predicted octanol–water partition coefficient (Wildman–Crippen LogP) is 2.90. The topological polar surface area (TPSA) is 66.4 Å². The van der Waals surface area contributed by atoms with Crippen molar-refractivity contribution in [3.05, 3.63) is 27.1 Å². The summed E-state index contributed by atoms with van der Waals surface area (Å²) in [5.74, 6) is 0.0608. The number of hydrogen-bond donors (Lipinski definition) is 2. The first-order valence-corrected chi connectivity index (χ1v) is 8.97. The molecule has 2 N–H and O–H groups in total. The highest BCUT2D eigenvalue weighted by Crippen LogP contribution is 2.26. The fourth-order valence-corrected chi connectivity index (χ4v) is 4.40. The van der Waals surface area contributed by atoms with E-state index in [-0.39, 0.29) is 17.4 Å². The Hall–Kier alpha value is 0.0500. The largest absolute Gasteiger partial charge is 0.395 e. The summed E-state index contributed by atoms with van der Waals surface area (Å²) < 4.78 is 28.4. The summed E-state index contributed by atoms with van der Waals surface area (Å²) in [6.07, 6.45) is 0.785. The van der Waals surface area contributed by atoms with Crippen LogP contribution in [0, 0.1) is 5.92 Å². The lowest BCUT2D eigenvalue weighted by Gasteiger charge is -2.22. The van der Waals surface area contributed by atoms with Gasteiger partial charge in [0.05, 0.1) is 11.5 Å². The summed E-state index contributed by atoms with van der Waals surface area (Å²) in [5, 5.41) is 9.31. The van der Waals surface area contributed by atoms with Crippen molar-refractivity contribution in [3.8, 4) is 0 Å². The molecule has 4 nitrogen and oxygen atoms in total. The second-order valence-corrected chi connectivity index (χ2v) is 7.82. The van der Waals surface area contributed by atoms with E-state index in [4.69, 9.17) is 0 Å². The van der Waals surface area contributed by atoms with E-state index < -0.39 is 16.1 Å². The Kier molecular flexibility index (Phi) is 6.46. The van der Waals surface area contributed by atoms with Gasteiger partial charge in [-0.1, -0.05) is 36.2 Å². The zero-order valence-electron chi connectivity index (χ0n) is 10.7. The van der Waals surface area contributed by atoms with Crippen LogP contribution >= 0.6 is 31.9 Å². The molecule has 0 fully saturated rings. The second kappa shape index (κ2) is 7.17. The van der Waals surface area contributed by atoms with E-state index in [9.17, 15) is 13.5 Å². The fourth-order valence-electron chi connectivity index (χ4n) is 1.56. The number of aliphatic hydroxyl groups is 1. The summed E-state index contributed by atoms with van der Waals surface area (Å²) in [4.78, 5) is 0.156. The van der Waals surface area contributed by atoms with Crippen LogP contribution in [0.25, 0.3) is 0 Å². The SMILES string of the molecule is CC[C@H](C)[C@@H](CO)NS(=O)(=O)c1cc(Br)ccc1Br. The third-order valence-electron chi connectivity index (χ3n) is 3.02. The molecule has 7 heteroatoms. The molecule has 0 aliphatic heterocycles. The van der Waals surface area contributed by atoms with Gasteiger partial charge in [-0.25, -0.2) is 13.1 Å². The number of rotatable bonds is 6. The molecule has 0 heterocycles. The summed E-state index contributed by atoms with van der Waals surface area (Å²) in [5.41, 5.74) is 0. The van der Waals surface area contributed by atoms with Crippen LogP contribution in [0.1, 0.15) is 20.3 Å². The van der Waals surface area contributed by atoms with Crippen LogP contribution in [-0.4, -0.2) is 26.2 Å². The molecule has 108 valence electrons. The molecule has 0 aliphatic rings. The third kappa shape index (κ3) is 4.53. The van der Waals surface area contributed by atoms with E-state index >= 15 is 0 Å². The monoisotopic (exact) mass is 413 g/mol. The smallest absolute Gasteiger partial charge is 0.242 e. The molecule has 0 aromatic heterocycles. The number of hydrogen-bond acceptors (Lipinski definition) is 3. The van der Waals surface area contributed by atoms with Crippen LogP contribution < -0.4 is 4.72 Å².